The molecule has 80 valence electrons. The summed E-state index contributed by atoms with van der Waals surface area (Å²) >= 11 is 9.43. The van der Waals surface area contributed by atoms with Crippen molar-refractivity contribution in [3.8, 4) is 0 Å². The van der Waals surface area contributed by atoms with Crippen LogP contribution in [0.3, 0.4) is 0 Å². The Balaban J connectivity index is 2.23. The van der Waals surface area contributed by atoms with Crippen LogP contribution in [0.25, 0.3) is 10.9 Å². The smallest absolute Gasteiger partial charge is 0.0495 e. The third-order valence-electron chi connectivity index (χ3n) is 2.52. The van der Waals surface area contributed by atoms with Crippen molar-refractivity contribution in [2.75, 3.05) is 5.33 Å². The number of halogens is 2. The Labute approximate surface area is 103 Å². The Hall–Kier alpha value is -0.470. The highest BCUT2D eigenvalue weighted by Crippen LogP contribution is 2.20. The van der Waals surface area contributed by atoms with Gasteiger partial charge >= 0.3 is 0 Å². The lowest BCUT2D eigenvalue weighted by Crippen LogP contribution is -1.95. The van der Waals surface area contributed by atoms with E-state index in [1.165, 1.54) is 23.7 Å². The molecule has 1 aromatic heterocycles. The average molecular weight is 287 g/mol. The van der Waals surface area contributed by atoms with Gasteiger partial charge in [0, 0.05) is 28.6 Å². The molecule has 0 saturated carbocycles. The van der Waals surface area contributed by atoms with Crippen LogP contribution in [0.5, 0.6) is 0 Å². The minimum absolute atomic E-state index is 0.808. The van der Waals surface area contributed by atoms with E-state index in [4.69, 9.17) is 11.6 Å². The molecule has 0 spiro atoms. The minimum Gasteiger partial charge on any atom is -0.347 e. The van der Waals surface area contributed by atoms with Crippen molar-refractivity contribution < 1.29 is 0 Å². The Kier molecular flexibility index (Phi) is 3.71. The van der Waals surface area contributed by atoms with Crippen molar-refractivity contribution in [2.45, 2.75) is 19.4 Å². The number of nitrogens with zero attached hydrogens (tertiary/aromatic N) is 1. The summed E-state index contributed by atoms with van der Waals surface area (Å²) in [5.41, 5.74) is 1.23. The van der Waals surface area contributed by atoms with Crippen LogP contribution in [0.15, 0.2) is 30.5 Å². The summed E-state index contributed by atoms with van der Waals surface area (Å²) in [5.74, 6) is 0. The number of hydrogen-bond acceptors (Lipinski definition) is 0. The third-order valence-corrected chi connectivity index (χ3v) is 3.31. The SMILES string of the molecule is Clc1ccc2ccn(CCCCBr)c2c1. The topological polar surface area (TPSA) is 4.93 Å². The Bertz CT molecular complexity index is 450. The van der Waals surface area contributed by atoms with Gasteiger partial charge in [0.2, 0.25) is 0 Å². The lowest BCUT2D eigenvalue weighted by atomic mass is 10.2. The molecule has 0 bridgehead atoms. The fraction of sp³-hybridized carbons (Fsp3) is 0.333. The van der Waals surface area contributed by atoms with Gasteiger partial charge in [0.1, 0.15) is 0 Å². The maximum atomic E-state index is 5.99. The minimum atomic E-state index is 0.808. The number of benzene rings is 1. The van der Waals surface area contributed by atoms with E-state index >= 15 is 0 Å². The lowest BCUT2D eigenvalue weighted by Gasteiger charge is -2.04. The first kappa shape index (κ1) is 11.0. The van der Waals surface area contributed by atoms with Crippen molar-refractivity contribution in [3.63, 3.8) is 0 Å². The maximum Gasteiger partial charge on any atom is 0.0495 e. The highest BCUT2D eigenvalue weighted by atomic mass is 79.9. The molecule has 0 unspecified atom stereocenters. The quantitative estimate of drug-likeness (QED) is 0.577. The summed E-state index contributed by atoms with van der Waals surface area (Å²) in [6.45, 7) is 1.06. The predicted molar refractivity (Wildman–Crippen MR) is 70.0 cm³/mol. The van der Waals surface area contributed by atoms with Gasteiger partial charge in [-0.25, -0.2) is 0 Å². The molecule has 2 rings (SSSR count). The molecule has 0 aliphatic heterocycles. The number of unbranched alkanes of at least 4 members (excludes halogenated alkanes) is 1. The van der Waals surface area contributed by atoms with Crippen molar-refractivity contribution in [1.29, 1.82) is 0 Å². The van der Waals surface area contributed by atoms with Crippen LogP contribution in [-0.4, -0.2) is 9.90 Å². The summed E-state index contributed by atoms with van der Waals surface area (Å²) in [6.07, 6.45) is 4.54. The van der Waals surface area contributed by atoms with Crippen LogP contribution in [0.1, 0.15) is 12.8 Å². The summed E-state index contributed by atoms with van der Waals surface area (Å²) in [4.78, 5) is 0. The normalized spacial score (nSPS) is 11.1. The number of fused-ring (bicyclic) bond motifs is 1. The second-order valence-corrected chi connectivity index (χ2v) is 4.84. The molecule has 0 aliphatic carbocycles. The molecule has 0 saturated heterocycles. The zero-order chi connectivity index (χ0) is 10.7. The molecule has 0 atom stereocenters. The predicted octanol–water partition coefficient (Wildman–Crippen LogP) is 4.47. The number of alkyl halides is 1. The monoisotopic (exact) mass is 285 g/mol. The molecular weight excluding hydrogens is 273 g/mol. The van der Waals surface area contributed by atoms with Crippen LogP contribution in [0, 0.1) is 0 Å². The molecule has 1 aromatic carbocycles. The van der Waals surface area contributed by atoms with Crippen LogP contribution >= 0.6 is 27.5 Å². The summed E-state index contributed by atoms with van der Waals surface area (Å²) in [5, 5.41) is 3.15. The molecule has 15 heavy (non-hydrogen) atoms. The molecule has 1 heterocycles. The summed E-state index contributed by atoms with van der Waals surface area (Å²) in [7, 11) is 0. The van der Waals surface area contributed by atoms with Crippen LogP contribution in [-0.2, 0) is 6.54 Å². The number of aromatic nitrogens is 1. The zero-order valence-corrected chi connectivity index (χ0v) is 10.8. The van der Waals surface area contributed by atoms with Crippen molar-refractivity contribution in [3.05, 3.63) is 35.5 Å². The third kappa shape index (κ3) is 2.56. The van der Waals surface area contributed by atoms with E-state index in [0.29, 0.717) is 0 Å². The van der Waals surface area contributed by atoms with E-state index in [2.05, 4.69) is 38.8 Å². The van der Waals surface area contributed by atoms with E-state index in [1.807, 2.05) is 12.1 Å². The number of hydrogen-bond donors (Lipinski definition) is 0. The first-order chi connectivity index (χ1) is 7.31. The first-order valence-corrected chi connectivity index (χ1v) is 6.61. The lowest BCUT2D eigenvalue weighted by molar-refractivity contribution is 0.655. The van der Waals surface area contributed by atoms with Gasteiger partial charge in [-0.2, -0.15) is 0 Å². The van der Waals surface area contributed by atoms with Crippen LogP contribution in [0.2, 0.25) is 5.02 Å². The highest BCUT2D eigenvalue weighted by molar-refractivity contribution is 9.09. The van der Waals surface area contributed by atoms with E-state index < -0.39 is 0 Å². The van der Waals surface area contributed by atoms with E-state index in [9.17, 15) is 0 Å². The zero-order valence-electron chi connectivity index (χ0n) is 8.42. The molecule has 0 aliphatic rings. The van der Waals surface area contributed by atoms with Crippen molar-refractivity contribution in [2.24, 2.45) is 0 Å². The van der Waals surface area contributed by atoms with Gasteiger partial charge < -0.3 is 4.57 Å². The standard InChI is InChI=1S/C12H13BrClN/c13-6-1-2-7-15-8-5-10-3-4-11(14)9-12(10)15/h3-5,8-9H,1-2,6-7H2. The van der Waals surface area contributed by atoms with Crippen LogP contribution in [0.4, 0.5) is 0 Å². The fourth-order valence-electron chi connectivity index (χ4n) is 1.73. The number of aryl methyl sites for hydroxylation is 1. The second-order valence-electron chi connectivity index (χ2n) is 3.61. The van der Waals surface area contributed by atoms with Crippen LogP contribution < -0.4 is 0 Å². The van der Waals surface area contributed by atoms with Gasteiger partial charge in [-0.05, 0) is 36.4 Å². The Morgan fingerprint density at radius 3 is 2.87 bits per heavy atom. The molecule has 0 radical (unpaired) electrons. The molecule has 1 nitrogen and oxygen atoms in total. The molecule has 3 heteroatoms. The van der Waals surface area contributed by atoms with Gasteiger partial charge in [0.15, 0.2) is 0 Å². The van der Waals surface area contributed by atoms with E-state index in [0.717, 1.165) is 16.9 Å². The molecule has 0 N–H and O–H groups in total. The van der Waals surface area contributed by atoms with E-state index in [1.54, 1.807) is 0 Å². The van der Waals surface area contributed by atoms with Crippen molar-refractivity contribution in [1.82, 2.24) is 4.57 Å². The van der Waals surface area contributed by atoms with Crippen molar-refractivity contribution >= 4 is 38.4 Å². The van der Waals surface area contributed by atoms with Gasteiger partial charge in [0.25, 0.3) is 0 Å². The average Bonchev–Trinajstić information content (AvgIpc) is 2.62. The first-order valence-electron chi connectivity index (χ1n) is 5.11. The fourth-order valence-corrected chi connectivity index (χ4v) is 2.29. The van der Waals surface area contributed by atoms with Gasteiger partial charge in [0.05, 0.1) is 0 Å². The van der Waals surface area contributed by atoms with Gasteiger partial charge in [-0.3, -0.25) is 0 Å². The molecule has 0 fully saturated rings. The van der Waals surface area contributed by atoms with E-state index in [-0.39, 0.29) is 0 Å². The number of rotatable bonds is 4. The summed E-state index contributed by atoms with van der Waals surface area (Å²) in [6, 6.07) is 8.18. The van der Waals surface area contributed by atoms with Gasteiger partial charge in [-0.15, -0.1) is 0 Å². The maximum absolute atomic E-state index is 5.99. The molecule has 0 amide bonds. The molecule has 2 aromatic rings. The Morgan fingerprint density at radius 2 is 2.07 bits per heavy atom. The summed E-state index contributed by atoms with van der Waals surface area (Å²) < 4.78 is 2.27. The highest BCUT2D eigenvalue weighted by Gasteiger charge is 2.00. The Morgan fingerprint density at radius 1 is 1.20 bits per heavy atom. The van der Waals surface area contributed by atoms with Gasteiger partial charge in [-0.1, -0.05) is 33.6 Å². The molecular formula is C12H13BrClN. The largest absolute Gasteiger partial charge is 0.347 e. The second kappa shape index (κ2) is 5.04.